The highest BCUT2D eigenvalue weighted by atomic mass is 19.1. The summed E-state index contributed by atoms with van der Waals surface area (Å²) in [7, 11) is 0. The Morgan fingerprint density at radius 1 is 0.783 bits per heavy atom. The summed E-state index contributed by atoms with van der Waals surface area (Å²) in [5, 5.41) is 7.13. The van der Waals surface area contributed by atoms with Crippen molar-refractivity contribution in [1.82, 2.24) is 0 Å². The van der Waals surface area contributed by atoms with E-state index in [-0.39, 0.29) is 11.6 Å². The summed E-state index contributed by atoms with van der Waals surface area (Å²) in [5.74, 6) is -2.76. The first-order valence-electron chi connectivity index (χ1n) is 6.70. The molecule has 0 aliphatic heterocycles. The van der Waals surface area contributed by atoms with Crippen LogP contribution < -0.4 is 16.0 Å². The Kier molecular flexibility index (Phi) is 5.03. The summed E-state index contributed by atoms with van der Waals surface area (Å²) in [4.78, 5) is 34.4. The average Bonchev–Trinajstić information content (AvgIpc) is 2.51. The van der Waals surface area contributed by atoms with E-state index in [1.54, 1.807) is 12.1 Å². The number of nitrogens with one attached hydrogen (secondary N) is 3. The van der Waals surface area contributed by atoms with E-state index in [2.05, 4.69) is 16.0 Å². The molecule has 0 saturated heterocycles. The van der Waals surface area contributed by atoms with Gasteiger partial charge in [-0.05, 0) is 36.4 Å². The van der Waals surface area contributed by atoms with E-state index in [0.29, 0.717) is 11.4 Å². The zero-order valence-corrected chi connectivity index (χ0v) is 12.2. The first-order valence-corrected chi connectivity index (χ1v) is 6.70. The van der Waals surface area contributed by atoms with Crippen molar-refractivity contribution in [3.05, 3.63) is 54.3 Å². The number of benzene rings is 2. The van der Waals surface area contributed by atoms with Crippen molar-refractivity contribution in [1.29, 1.82) is 0 Å². The first-order chi connectivity index (χ1) is 11.0. The number of rotatable bonds is 3. The molecule has 0 atom stereocenters. The van der Waals surface area contributed by atoms with Crippen molar-refractivity contribution >= 4 is 34.8 Å². The molecule has 0 radical (unpaired) electrons. The van der Waals surface area contributed by atoms with Gasteiger partial charge in [-0.3, -0.25) is 14.4 Å². The van der Waals surface area contributed by atoms with Crippen LogP contribution in [0, 0.1) is 5.82 Å². The molecule has 23 heavy (non-hydrogen) atoms. The van der Waals surface area contributed by atoms with Crippen LogP contribution in [0.25, 0.3) is 0 Å². The minimum Gasteiger partial charge on any atom is -0.326 e. The minimum absolute atomic E-state index is 0.0753. The number of para-hydroxylation sites is 1. The molecule has 0 bridgehead atoms. The maximum Gasteiger partial charge on any atom is 0.314 e. The van der Waals surface area contributed by atoms with Crippen LogP contribution in [0.1, 0.15) is 6.92 Å². The molecule has 2 aromatic rings. The lowest BCUT2D eigenvalue weighted by molar-refractivity contribution is -0.133. The molecule has 6 nitrogen and oxygen atoms in total. The average molecular weight is 315 g/mol. The topological polar surface area (TPSA) is 87.3 Å². The number of carbonyl (C=O) groups excluding carboxylic acids is 3. The summed E-state index contributed by atoms with van der Waals surface area (Å²) in [5.41, 5.74) is 0.854. The van der Waals surface area contributed by atoms with E-state index in [9.17, 15) is 18.8 Å². The molecule has 0 unspecified atom stereocenters. The lowest BCUT2D eigenvalue weighted by Crippen LogP contribution is -2.29. The molecule has 2 aromatic carbocycles. The smallest absolute Gasteiger partial charge is 0.314 e. The molecule has 7 heteroatoms. The summed E-state index contributed by atoms with van der Waals surface area (Å²) in [6.07, 6.45) is 0. The van der Waals surface area contributed by atoms with Gasteiger partial charge in [0.2, 0.25) is 5.91 Å². The predicted molar refractivity (Wildman–Crippen MR) is 84.4 cm³/mol. The van der Waals surface area contributed by atoms with Gasteiger partial charge in [-0.15, -0.1) is 0 Å². The summed E-state index contributed by atoms with van der Waals surface area (Å²) < 4.78 is 13.4. The van der Waals surface area contributed by atoms with Gasteiger partial charge < -0.3 is 16.0 Å². The van der Waals surface area contributed by atoms with Crippen molar-refractivity contribution in [3.8, 4) is 0 Å². The van der Waals surface area contributed by atoms with Crippen LogP contribution in [-0.4, -0.2) is 17.7 Å². The van der Waals surface area contributed by atoms with E-state index in [4.69, 9.17) is 0 Å². The Bertz CT molecular complexity index is 744. The van der Waals surface area contributed by atoms with E-state index in [0.717, 1.165) is 0 Å². The fourth-order valence-electron chi connectivity index (χ4n) is 1.77. The van der Waals surface area contributed by atoms with E-state index >= 15 is 0 Å². The normalized spacial score (nSPS) is 9.83. The van der Waals surface area contributed by atoms with Gasteiger partial charge in [-0.2, -0.15) is 0 Å². The third-order valence-corrected chi connectivity index (χ3v) is 2.79. The van der Waals surface area contributed by atoms with E-state index < -0.39 is 17.6 Å². The van der Waals surface area contributed by atoms with Crippen molar-refractivity contribution < 1.29 is 18.8 Å². The van der Waals surface area contributed by atoms with Crippen LogP contribution in [0.4, 0.5) is 21.5 Å². The minimum atomic E-state index is -0.985. The molecule has 118 valence electrons. The van der Waals surface area contributed by atoms with Crippen LogP contribution in [-0.2, 0) is 14.4 Å². The second kappa shape index (κ2) is 7.17. The van der Waals surface area contributed by atoms with Gasteiger partial charge in [-0.25, -0.2) is 4.39 Å². The molecular weight excluding hydrogens is 301 g/mol. The standard InChI is InChI=1S/C16H14FN3O3/c1-10(21)18-11-6-8-12(9-7-11)19-15(22)16(23)20-14-5-3-2-4-13(14)17/h2-9H,1H3,(H,18,21)(H,19,22)(H,20,23). The first kappa shape index (κ1) is 16.2. The highest BCUT2D eigenvalue weighted by Gasteiger charge is 2.15. The Hall–Kier alpha value is -3.22. The third-order valence-electron chi connectivity index (χ3n) is 2.79. The predicted octanol–water partition coefficient (Wildman–Crippen LogP) is 2.36. The van der Waals surface area contributed by atoms with Crippen LogP contribution in [0.3, 0.4) is 0 Å². The number of hydrogen-bond acceptors (Lipinski definition) is 3. The molecule has 0 heterocycles. The highest BCUT2D eigenvalue weighted by Crippen LogP contribution is 2.15. The molecule has 0 spiro atoms. The maximum atomic E-state index is 13.4. The molecule has 0 aliphatic rings. The Morgan fingerprint density at radius 3 is 1.87 bits per heavy atom. The second-order valence-electron chi connectivity index (χ2n) is 4.65. The van der Waals surface area contributed by atoms with Gasteiger partial charge in [0.05, 0.1) is 5.69 Å². The maximum absolute atomic E-state index is 13.4. The van der Waals surface area contributed by atoms with Gasteiger partial charge in [0.25, 0.3) is 0 Å². The van der Waals surface area contributed by atoms with Gasteiger partial charge in [0.1, 0.15) is 5.82 Å². The summed E-state index contributed by atoms with van der Waals surface area (Å²) >= 11 is 0. The molecule has 3 N–H and O–H groups in total. The van der Waals surface area contributed by atoms with Crippen molar-refractivity contribution in [3.63, 3.8) is 0 Å². The highest BCUT2D eigenvalue weighted by molar-refractivity contribution is 6.43. The van der Waals surface area contributed by atoms with Crippen LogP contribution >= 0.6 is 0 Å². The van der Waals surface area contributed by atoms with Gasteiger partial charge in [0, 0.05) is 18.3 Å². The third kappa shape index (κ3) is 4.63. The Balaban J connectivity index is 1.97. The zero-order valence-electron chi connectivity index (χ0n) is 12.2. The number of anilines is 3. The van der Waals surface area contributed by atoms with E-state index in [1.807, 2.05) is 0 Å². The number of amides is 3. The van der Waals surface area contributed by atoms with Crippen LogP contribution in [0.2, 0.25) is 0 Å². The van der Waals surface area contributed by atoms with E-state index in [1.165, 1.54) is 43.3 Å². The number of halogens is 1. The number of hydrogen-bond donors (Lipinski definition) is 3. The molecule has 3 amide bonds. The van der Waals surface area contributed by atoms with Gasteiger partial charge >= 0.3 is 11.8 Å². The lowest BCUT2D eigenvalue weighted by atomic mass is 10.2. The lowest BCUT2D eigenvalue weighted by Gasteiger charge is -2.08. The Labute approximate surface area is 131 Å². The fraction of sp³-hybridized carbons (Fsp3) is 0.0625. The SMILES string of the molecule is CC(=O)Nc1ccc(NC(=O)C(=O)Nc2ccccc2F)cc1. The molecule has 0 aliphatic carbocycles. The molecule has 2 rings (SSSR count). The van der Waals surface area contributed by atoms with Crippen molar-refractivity contribution in [2.75, 3.05) is 16.0 Å². The molecule has 0 fully saturated rings. The Morgan fingerprint density at radius 2 is 1.30 bits per heavy atom. The van der Waals surface area contributed by atoms with Crippen LogP contribution in [0.15, 0.2) is 48.5 Å². The zero-order chi connectivity index (χ0) is 16.8. The largest absolute Gasteiger partial charge is 0.326 e. The second-order valence-corrected chi connectivity index (χ2v) is 4.65. The summed E-state index contributed by atoms with van der Waals surface area (Å²) in [6.45, 7) is 1.38. The molecular formula is C16H14FN3O3. The van der Waals surface area contributed by atoms with Gasteiger partial charge in [-0.1, -0.05) is 12.1 Å². The molecule has 0 saturated carbocycles. The van der Waals surface area contributed by atoms with Crippen molar-refractivity contribution in [2.45, 2.75) is 6.92 Å². The van der Waals surface area contributed by atoms with Gasteiger partial charge in [0.15, 0.2) is 0 Å². The summed E-state index contributed by atoms with van der Waals surface area (Å²) in [6, 6.07) is 11.7. The molecule has 0 aromatic heterocycles. The quantitative estimate of drug-likeness (QED) is 0.760. The van der Waals surface area contributed by atoms with Crippen LogP contribution in [0.5, 0.6) is 0 Å². The fourth-order valence-corrected chi connectivity index (χ4v) is 1.77. The monoisotopic (exact) mass is 315 g/mol. The van der Waals surface area contributed by atoms with Crippen molar-refractivity contribution in [2.24, 2.45) is 0 Å². The number of carbonyl (C=O) groups is 3.